The second kappa shape index (κ2) is 6.22. The van der Waals surface area contributed by atoms with Gasteiger partial charge in [0.25, 0.3) is 0 Å². The number of nitrogens with zero attached hydrogens (tertiary/aromatic N) is 1. The van der Waals surface area contributed by atoms with Crippen LogP contribution in [0.1, 0.15) is 20.3 Å². The van der Waals surface area contributed by atoms with Crippen LogP contribution < -0.4 is 11.1 Å². The number of rotatable bonds is 3. The molecule has 1 aromatic rings. The van der Waals surface area contributed by atoms with Crippen molar-refractivity contribution in [3.05, 3.63) is 24.0 Å². The van der Waals surface area contributed by atoms with Gasteiger partial charge in [0.2, 0.25) is 5.91 Å². The van der Waals surface area contributed by atoms with Gasteiger partial charge in [-0.05, 0) is 43.0 Å². The SMILES string of the molecule is CC1CCN(CC(=O)Nc2ccc(F)c(N)c2)CC1C. The molecular formula is C15H22FN3O. The van der Waals surface area contributed by atoms with E-state index in [1.54, 1.807) is 0 Å². The molecular weight excluding hydrogens is 257 g/mol. The molecule has 2 atom stereocenters. The number of nitrogens with one attached hydrogen (secondary N) is 1. The number of likely N-dealkylation sites (tertiary alicyclic amines) is 1. The van der Waals surface area contributed by atoms with Crippen LogP contribution in [-0.4, -0.2) is 30.4 Å². The zero-order valence-corrected chi connectivity index (χ0v) is 12.0. The third-order valence-corrected chi connectivity index (χ3v) is 4.07. The van der Waals surface area contributed by atoms with Crippen molar-refractivity contribution in [2.24, 2.45) is 11.8 Å². The molecule has 0 bridgehead atoms. The molecule has 0 radical (unpaired) electrons. The molecule has 0 saturated carbocycles. The first-order valence-electron chi connectivity index (χ1n) is 7.03. The van der Waals surface area contributed by atoms with E-state index in [4.69, 9.17) is 5.73 Å². The first-order valence-corrected chi connectivity index (χ1v) is 7.03. The summed E-state index contributed by atoms with van der Waals surface area (Å²) < 4.78 is 13.0. The number of amides is 1. The monoisotopic (exact) mass is 279 g/mol. The molecule has 1 heterocycles. The van der Waals surface area contributed by atoms with Gasteiger partial charge >= 0.3 is 0 Å². The highest BCUT2D eigenvalue weighted by Crippen LogP contribution is 2.22. The zero-order valence-electron chi connectivity index (χ0n) is 12.0. The Morgan fingerprint density at radius 1 is 1.45 bits per heavy atom. The van der Waals surface area contributed by atoms with Gasteiger partial charge in [0, 0.05) is 12.2 Å². The minimum Gasteiger partial charge on any atom is -0.396 e. The van der Waals surface area contributed by atoms with Gasteiger partial charge in [-0.2, -0.15) is 0 Å². The van der Waals surface area contributed by atoms with Crippen molar-refractivity contribution in [1.82, 2.24) is 4.90 Å². The number of carbonyl (C=O) groups is 1. The van der Waals surface area contributed by atoms with Crippen LogP contribution in [0.25, 0.3) is 0 Å². The molecule has 1 aliphatic rings. The summed E-state index contributed by atoms with van der Waals surface area (Å²) in [4.78, 5) is 14.1. The van der Waals surface area contributed by atoms with E-state index < -0.39 is 5.82 Å². The first-order chi connectivity index (χ1) is 9.45. The Labute approximate surface area is 119 Å². The predicted molar refractivity (Wildman–Crippen MR) is 78.8 cm³/mol. The summed E-state index contributed by atoms with van der Waals surface area (Å²) in [5, 5.41) is 2.76. The van der Waals surface area contributed by atoms with Gasteiger partial charge in [0.15, 0.2) is 0 Å². The van der Waals surface area contributed by atoms with E-state index in [1.807, 2.05) is 0 Å². The lowest BCUT2D eigenvalue weighted by molar-refractivity contribution is -0.117. The van der Waals surface area contributed by atoms with Gasteiger partial charge in [-0.3, -0.25) is 9.69 Å². The van der Waals surface area contributed by atoms with Crippen LogP contribution >= 0.6 is 0 Å². The summed E-state index contributed by atoms with van der Waals surface area (Å²) in [6.07, 6.45) is 1.12. The van der Waals surface area contributed by atoms with Gasteiger partial charge in [0.1, 0.15) is 5.82 Å². The van der Waals surface area contributed by atoms with Crippen LogP contribution in [-0.2, 0) is 4.79 Å². The molecule has 4 nitrogen and oxygen atoms in total. The second-order valence-corrected chi connectivity index (χ2v) is 5.76. The van der Waals surface area contributed by atoms with E-state index in [0.717, 1.165) is 19.5 Å². The maximum absolute atomic E-state index is 13.0. The minimum absolute atomic E-state index is 0.0446. The molecule has 1 amide bonds. The number of anilines is 2. The molecule has 0 aromatic heterocycles. The molecule has 2 rings (SSSR count). The fourth-order valence-corrected chi connectivity index (χ4v) is 2.52. The highest BCUT2D eigenvalue weighted by atomic mass is 19.1. The van der Waals surface area contributed by atoms with Crippen molar-refractivity contribution in [1.29, 1.82) is 0 Å². The van der Waals surface area contributed by atoms with Gasteiger partial charge < -0.3 is 11.1 Å². The van der Waals surface area contributed by atoms with Crippen LogP contribution in [0.4, 0.5) is 15.8 Å². The Morgan fingerprint density at radius 2 is 2.20 bits per heavy atom. The lowest BCUT2D eigenvalue weighted by Gasteiger charge is -2.34. The number of nitrogens with two attached hydrogens (primary N) is 1. The number of benzene rings is 1. The Hall–Kier alpha value is -1.62. The molecule has 3 N–H and O–H groups in total. The quantitative estimate of drug-likeness (QED) is 0.835. The van der Waals surface area contributed by atoms with E-state index in [2.05, 4.69) is 24.1 Å². The molecule has 20 heavy (non-hydrogen) atoms. The predicted octanol–water partition coefficient (Wildman–Crippen LogP) is 2.32. The van der Waals surface area contributed by atoms with Crippen LogP contribution in [0.5, 0.6) is 0 Å². The van der Waals surface area contributed by atoms with Gasteiger partial charge in [-0.25, -0.2) is 4.39 Å². The number of piperidine rings is 1. The van der Waals surface area contributed by atoms with Gasteiger partial charge in [-0.15, -0.1) is 0 Å². The first kappa shape index (κ1) is 14.8. The summed E-state index contributed by atoms with van der Waals surface area (Å²) in [5.41, 5.74) is 6.06. The molecule has 0 aliphatic carbocycles. The Balaban J connectivity index is 1.87. The van der Waals surface area contributed by atoms with Crippen molar-refractivity contribution in [2.45, 2.75) is 20.3 Å². The van der Waals surface area contributed by atoms with Crippen LogP contribution in [0.3, 0.4) is 0 Å². The van der Waals surface area contributed by atoms with Crippen molar-refractivity contribution < 1.29 is 9.18 Å². The van der Waals surface area contributed by atoms with E-state index in [0.29, 0.717) is 24.1 Å². The third-order valence-electron chi connectivity index (χ3n) is 4.07. The van der Waals surface area contributed by atoms with Crippen molar-refractivity contribution >= 4 is 17.3 Å². The highest BCUT2D eigenvalue weighted by Gasteiger charge is 2.23. The minimum atomic E-state index is -0.471. The molecule has 110 valence electrons. The van der Waals surface area contributed by atoms with E-state index in [1.165, 1.54) is 18.2 Å². The van der Waals surface area contributed by atoms with Crippen LogP contribution in [0.15, 0.2) is 18.2 Å². The smallest absolute Gasteiger partial charge is 0.238 e. The second-order valence-electron chi connectivity index (χ2n) is 5.76. The Kier molecular flexibility index (Phi) is 4.60. The Morgan fingerprint density at radius 3 is 2.85 bits per heavy atom. The molecule has 1 fully saturated rings. The van der Waals surface area contributed by atoms with Crippen molar-refractivity contribution in [3.8, 4) is 0 Å². The normalized spacial score (nSPS) is 23.6. The van der Waals surface area contributed by atoms with Gasteiger partial charge in [-0.1, -0.05) is 13.8 Å². The van der Waals surface area contributed by atoms with Crippen molar-refractivity contribution in [2.75, 3.05) is 30.7 Å². The number of hydrogen-bond acceptors (Lipinski definition) is 3. The maximum Gasteiger partial charge on any atom is 0.238 e. The molecule has 5 heteroatoms. The maximum atomic E-state index is 13.0. The molecule has 1 aliphatic heterocycles. The highest BCUT2D eigenvalue weighted by molar-refractivity contribution is 5.92. The summed E-state index contributed by atoms with van der Waals surface area (Å²) in [7, 11) is 0. The van der Waals surface area contributed by atoms with Gasteiger partial charge in [0.05, 0.1) is 12.2 Å². The lowest BCUT2D eigenvalue weighted by Crippen LogP contribution is -2.42. The summed E-state index contributed by atoms with van der Waals surface area (Å²) >= 11 is 0. The number of hydrogen-bond donors (Lipinski definition) is 2. The van der Waals surface area contributed by atoms with E-state index in [-0.39, 0.29) is 11.6 Å². The fourth-order valence-electron chi connectivity index (χ4n) is 2.52. The van der Waals surface area contributed by atoms with Crippen LogP contribution in [0.2, 0.25) is 0 Å². The molecule has 0 spiro atoms. The molecule has 1 saturated heterocycles. The Bertz CT molecular complexity index is 492. The fraction of sp³-hybridized carbons (Fsp3) is 0.533. The van der Waals surface area contributed by atoms with E-state index in [9.17, 15) is 9.18 Å². The number of carbonyl (C=O) groups excluding carboxylic acids is 1. The lowest BCUT2D eigenvalue weighted by atomic mass is 9.89. The zero-order chi connectivity index (χ0) is 14.7. The largest absolute Gasteiger partial charge is 0.396 e. The third kappa shape index (κ3) is 3.70. The standard InChI is InChI=1S/C15H22FN3O/c1-10-5-6-19(8-11(10)2)9-15(20)18-12-3-4-13(16)14(17)7-12/h3-4,7,10-11H,5-6,8-9,17H2,1-2H3,(H,18,20). The topological polar surface area (TPSA) is 58.4 Å². The molecule has 2 unspecified atom stereocenters. The van der Waals surface area contributed by atoms with Crippen LogP contribution in [0, 0.1) is 17.7 Å². The number of halogens is 1. The number of nitrogen functional groups attached to an aromatic ring is 1. The average molecular weight is 279 g/mol. The molecule has 1 aromatic carbocycles. The van der Waals surface area contributed by atoms with Crippen molar-refractivity contribution in [3.63, 3.8) is 0 Å². The summed E-state index contributed by atoms with van der Waals surface area (Å²) in [5.74, 6) is 0.767. The summed E-state index contributed by atoms with van der Waals surface area (Å²) in [6, 6.07) is 4.22. The van der Waals surface area contributed by atoms with E-state index >= 15 is 0 Å². The summed E-state index contributed by atoms with van der Waals surface area (Å²) in [6.45, 7) is 6.73. The average Bonchev–Trinajstić information content (AvgIpc) is 2.38.